The van der Waals surface area contributed by atoms with E-state index in [0.717, 1.165) is 3.57 Å². The molecule has 2 aromatic rings. The van der Waals surface area contributed by atoms with E-state index >= 15 is 0 Å². The van der Waals surface area contributed by atoms with Gasteiger partial charge in [-0.3, -0.25) is 9.78 Å². The molecule has 1 aromatic heterocycles. The van der Waals surface area contributed by atoms with Gasteiger partial charge in [0.05, 0.1) is 23.1 Å². The molecule has 0 aliphatic carbocycles. The number of nitrogens with two attached hydrogens (primary N) is 1. The van der Waals surface area contributed by atoms with Crippen molar-refractivity contribution in [3.05, 3.63) is 51.6 Å². The van der Waals surface area contributed by atoms with E-state index in [4.69, 9.17) is 5.73 Å². The number of carbonyl (C=O) groups is 1. The van der Waals surface area contributed by atoms with Gasteiger partial charge in [0.15, 0.2) is 0 Å². The van der Waals surface area contributed by atoms with Gasteiger partial charge in [-0.1, -0.05) is 0 Å². The fraction of sp³-hybridized carbons (Fsp3) is 0. The number of primary amides is 1. The molecule has 1 amide bonds. The highest BCUT2D eigenvalue weighted by atomic mass is 127. The third-order valence-corrected chi connectivity index (χ3v) is 2.96. The number of nitrogens with one attached hydrogen (secondary N) is 1. The second-order valence-corrected chi connectivity index (χ2v) is 4.78. The van der Waals surface area contributed by atoms with Crippen molar-refractivity contribution in [1.82, 2.24) is 4.98 Å². The molecule has 0 unspecified atom stereocenters. The van der Waals surface area contributed by atoms with Gasteiger partial charge in [-0.05, 0) is 46.9 Å². The number of aromatic nitrogens is 1. The Bertz CT molecular complexity index is 609. The zero-order valence-corrected chi connectivity index (χ0v) is 12.5. The zero-order valence-electron chi connectivity index (χ0n) is 9.56. The Morgan fingerprint density at radius 3 is 2.68 bits per heavy atom. The maximum absolute atomic E-state index is 13.7. The maximum Gasteiger partial charge on any atom is 0.250 e. The second kappa shape index (κ2) is 6.67. The van der Waals surface area contributed by atoms with Gasteiger partial charge in [0, 0.05) is 9.77 Å². The van der Waals surface area contributed by atoms with Crippen LogP contribution in [0.4, 0.5) is 15.8 Å². The van der Waals surface area contributed by atoms with Gasteiger partial charge in [-0.2, -0.15) is 0 Å². The van der Waals surface area contributed by atoms with Crippen LogP contribution >= 0.6 is 35.0 Å². The molecule has 19 heavy (non-hydrogen) atoms. The predicted octanol–water partition coefficient (Wildman–Crippen LogP) is 3.09. The van der Waals surface area contributed by atoms with Crippen LogP contribution in [0.1, 0.15) is 10.4 Å². The number of amides is 1. The summed E-state index contributed by atoms with van der Waals surface area (Å²) in [4.78, 5) is 15.1. The first kappa shape index (κ1) is 15.6. The second-order valence-electron chi connectivity index (χ2n) is 3.53. The van der Waals surface area contributed by atoms with Gasteiger partial charge in [-0.25, -0.2) is 4.39 Å². The lowest BCUT2D eigenvalue weighted by molar-refractivity contribution is 0.100. The Morgan fingerprint density at radius 1 is 1.32 bits per heavy atom. The molecule has 2 rings (SSSR count). The Balaban J connectivity index is 0.00000180. The Morgan fingerprint density at radius 2 is 2.05 bits per heavy atom. The average molecular weight is 394 g/mol. The fourth-order valence-electron chi connectivity index (χ4n) is 1.44. The molecule has 1 heterocycles. The minimum Gasteiger partial charge on any atom is -0.366 e. The molecule has 7 heteroatoms. The molecule has 0 fully saturated rings. The number of carbonyl (C=O) groups excluding carboxylic acids is 1. The van der Waals surface area contributed by atoms with Crippen molar-refractivity contribution in [2.45, 2.75) is 0 Å². The fourth-order valence-corrected chi connectivity index (χ4v) is 1.90. The van der Waals surface area contributed by atoms with E-state index in [1.165, 1.54) is 24.5 Å². The molecule has 4 nitrogen and oxygen atoms in total. The number of halogens is 3. The predicted molar refractivity (Wildman–Crippen MR) is 82.4 cm³/mol. The molecule has 3 N–H and O–H groups in total. The summed E-state index contributed by atoms with van der Waals surface area (Å²) in [5, 5.41) is 2.81. The van der Waals surface area contributed by atoms with Crippen LogP contribution < -0.4 is 11.1 Å². The average Bonchev–Trinajstić information content (AvgIpc) is 2.33. The van der Waals surface area contributed by atoms with Gasteiger partial charge in [0.25, 0.3) is 5.91 Å². The molecular weight excluding hydrogens is 384 g/mol. The van der Waals surface area contributed by atoms with Crippen molar-refractivity contribution >= 4 is 52.3 Å². The summed E-state index contributed by atoms with van der Waals surface area (Å²) in [5.74, 6) is -0.994. The highest BCUT2D eigenvalue weighted by Crippen LogP contribution is 2.23. The molecular formula is C12H10ClFIN3O. The van der Waals surface area contributed by atoms with E-state index in [9.17, 15) is 9.18 Å². The maximum atomic E-state index is 13.7. The Hall–Kier alpha value is -1.41. The van der Waals surface area contributed by atoms with Gasteiger partial charge in [0.2, 0.25) is 0 Å². The SMILES string of the molecule is Cl.NC(=O)c1ccncc1Nc1ccc(I)cc1F. The van der Waals surface area contributed by atoms with Crippen molar-refractivity contribution in [3.8, 4) is 0 Å². The number of anilines is 2. The number of hydrogen-bond acceptors (Lipinski definition) is 3. The van der Waals surface area contributed by atoms with Gasteiger partial charge in [-0.15, -0.1) is 12.4 Å². The molecule has 1 aromatic carbocycles. The smallest absolute Gasteiger partial charge is 0.250 e. The molecule has 100 valence electrons. The standard InChI is InChI=1S/C12H9FIN3O.ClH/c13-9-5-7(14)1-2-10(9)17-11-6-16-4-3-8(11)12(15)18;/h1-6,17H,(H2,15,18);1H. The van der Waals surface area contributed by atoms with Gasteiger partial charge >= 0.3 is 0 Å². The Labute approximate surface area is 129 Å². The van der Waals surface area contributed by atoms with E-state index in [0.29, 0.717) is 5.69 Å². The quantitative estimate of drug-likeness (QED) is 0.788. The summed E-state index contributed by atoms with van der Waals surface area (Å²) in [6.45, 7) is 0. The molecule has 0 aliphatic heterocycles. The van der Waals surface area contributed by atoms with Crippen LogP contribution in [0.15, 0.2) is 36.7 Å². The molecule has 0 bridgehead atoms. The first-order valence-electron chi connectivity index (χ1n) is 5.04. The number of benzene rings is 1. The third-order valence-electron chi connectivity index (χ3n) is 2.29. The van der Waals surface area contributed by atoms with Crippen LogP contribution in [0.5, 0.6) is 0 Å². The van der Waals surface area contributed by atoms with Crippen LogP contribution in [-0.4, -0.2) is 10.9 Å². The Kier molecular flexibility index (Phi) is 5.49. The summed E-state index contributed by atoms with van der Waals surface area (Å²) in [6.07, 6.45) is 2.88. The van der Waals surface area contributed by atoms with Crippen LogP contribution in [-0.2, 0) is 0 Å². The van der Waals surface area contributed by atoms with Crippen molar-refractivity contribution < 1.29 is 9.18 Å². The lowest BCUT2D eigenvalue weighted by Crippen LogP contribution is -2.13. The van der Waals surface area contributed by atoms with Crippen molar-refractivity contribution in [3.63, 3.8) is 0 Å². The topological polar surface area (TPSA) is 68.0 Å². The monoisotopic (exact) mass is 393 g/mol. The van der Waals surface area contributed by atoms with Crippen molar-refractivity contribution in [2.24, 2.45) is 5.73 Å². The highest BCUT2D eigenvalue weighted by Gasteiger charge is 2.10. The molecule has 0 spiro atoms. The molecule has 0 saturated carbocycles. The van der Waals surface area contributed by atoms with Gasteiger partial charge < -0.3 is 11.1 Å². The number of pyridine rings is 1. The summed E-state index contributed by atoms with van der Waals surface area (Å²) in [7, 11) is 0. The summed E-state index contributed by atoms with van der Waals surface area (Å²) in [5.41, 5.74) is 6.14. The van der Waals surface area contributed by atoms with E-state index in [-0.39, 0.29) is 23.7 Å². The molecule has 0 aliphatic rings. The lowest BCUT2D eigenvalue weighted by atomic mass is 10.2. The number of nitrogens with zero attached hydrogens (tertiary/aromatic N) is 1. The number of rotatable bonds is 3. The van der Waals surface area contributed by atoms with Crippen molar-refractivity contribution in [2.75, 3.05) is 5.32 Å². The zero-order chi connectivity index (χ0) is 13.1. The van der Waals surface area contributed by atoms with Crippen molar-refractivity contribution in [1.29, 1.82) is 0 Å². The highest BCUT2D eigenvalue weighted by molar-refractivity contribution is 14.1. The van der Waals surface area contributed by atoms with E-state index in [1.54, 1.807) is 12.1 Å². The molecule has 0 saturated heterocycles. The minimum absolute atomic E-state index is 0. The summed E-state index contributed by atoms with van der Waals surface area (Å²) >= 11 is 2.02. The van der Waals surface area contributed by atoms with Crippen LogP contribution in [0.3, 0.4) is 0 Å². The van der Waals surface area contributed by atoms with Gasteiger partial charge in [0.1, 0.15) is 5.82 Å². The van der Waals surface area contributed by atoms with Crippen LogP contribution in [0.2, 0.25) is 0 Å². The first-order valence-corrected chi connectivity index (χ1v) is 6.11. The lowest BCUT2D eigenvalue weighted by Gasteiger charge is -2.10. The first-order chi connectivity index (χ1) is 8.58. The summed E-state index contributed by atoms with van der Waals surface area (Å²) < 4.78 is 14.5. The van der Waals surface area contributed by atoms with E-state index < -0.39 is 11.7 Å². The molecule has 0 atom stereocenters. The number of hydrogen-bond donors (Lipinski definition) is 2. The molecule has 0 radical (unpaired) electrons. The van der Waals surface area contributed by atoms with Crippen LogP contribution in [0, 0.1) is 9.39 Å². The van der Waals surface area contributed by atoms with E-state index in [2.05, 4.69) is 10.3 Å². The minimum atomic E-state index is -0.592. The normalized spacial score (nSPS) is 9.58. The third kappa shape index (κ3) is 3.77. The van der Waals surface area contributed by atoms with Crippen LogP contribution in [0.25, 0.3) is 0 Å². The summed E-state index contributed by atoms with van der Waals surface area (Å²) in [6, 6.07) is 6.22. The largest absolute Gasteiger partial charge is 0.366 e. The van der Waals surface area contributed by atoms with E-state index in [1.807, 2.05) is 22.6 Å².